The molecule has 1 N–H and O–H groups in total. The SMILES string of the molecule is O=C(CSc1ccc2c(c1)OCCO2)NCC(F)(F)F. The molecule has 1 aliphatic heterocycles. The van der Waals surface area contributed by atoms with Crippen LogP contribution in [0.4, 0.5) is 13.2 Å². The number of thioether (sulfide) groups is 1. The standard InChI is InChI=1S/C12H12F3NO3S/c13-12(14,15)7-16-11(17)6-20-8-1-2-9-10(5-8)19-4-3-18-9/h1-2,5H,3-4,6-7H2,(H,16,17). The number of halogens is 3. The van der Waals surface area contributed by atoms with E-state index in [-0.39, 0.29) is 5.75 Å². The van der Waals surface area contributed by atoms with E-state index >= 15 is 0 Å². The van der Waals surface area contributed by atoms with E-state index in [2.05, 4.69) is 0 Å². The van der Waals surface area contributed by atoms with Crippen LogP contribution in [0.25, 0.3) is 0 Å². The molecule has 1 aromatic carbocycles. The van der Waals surface area contributed by atoms with Crippen molar-refractivity contribution in [3.05, 3.63) is 18.2 Å². The highest BCUT2D eigenvalue weighted by atomic mass is 32.2. The van der Waals surface area contributed by atoms with Gasteiger partial charge in [0.15, 0.2) is 11.5 Å². The van der Waals surface area contributed by atoms with Crippen molar-refractivity contribution in [2.45, 2.75) is 11.1 Å². The number of carbonyl (C=O) groups is 1. The summed E-state index contributed by atoms with van der Waals surface area (Å²) < 4.78 is 46.5. The van der Waals surface area contributed by atoms with Gasteiger partial charge in [0.1, 0.15) is 19.8 Å². The Labute approximate surface area is 117 Å². The predicted octanol–water partition coefficient (Wildman–Crippen LogP) is 2.23. The highest BCUT2D eigenvalue weighted by Gasteiger charge is 2.27. The Balaban J connectivity index is 1.83. The van der Waals surface area contributed by atoms with Crippen LogP contribution in [-0.4, -0.2) is 37.6 Å². The van der Waals surface area contributed by atoms with Crippen molar-refractivity contribution in [3.63, 3.8) is 0 Å². The summed E-state index contributed by atoms with van der Waals surface area (Å²) in [6.07, 6.45) is -4.39. The van der Waals surface area contributed by atoms with Gasteiger partial charge in [0, 0.05) is 4.90 Å². The Morgan fingerprint density at radius 2 is 1.95 bits per heavy atom. The number of hydrogen-bond acceptors (Lipinski definition) is 4. The number of hydrogen-bond donors (Lipinski definition) is 1. The van der Waals surface area contributed by atoms with E-state index in [0.29, 0.717) is 24.7 Å². The zero-order valence-corrected chi connectivity index (χ0v) is 11.1. The molecule has 110 valence electrons. The van der Waals surface area contributed by atoms with Crippen LogP contribution >= 0.6 is 11.8 Å². The van der Waals surface area contributed by atoms with Gasteiger partial charge in [-0.05, 0) is 18.2 Å². The summed E-state index contributed by atoms with van der Waals surface area (Å²) in [5.41, 5.74) is 0. The van der Waals surface area contributed by atoms with E-state index in [9.17, 15) is 18.0 Å². The molecule has 2 rings (SSSR count). The second-order valence-electron chi connectivity index (χ2n) is 3.99. The molecule has 1 heterocycles. The summed E-state index contributed by atoms with van der Waals surface area (Å²) in [6.45, 7) is -0.375. The molecule has 0 atom stereocenters. The smallest absolute Gasteiger partial charge is 0.405 e. The minimum absolute atomic E-state index is 0.0876. The number of carbonyl (C=O) groups excluding carboxylic acids is 1. The van der Waals surface area contributed by atoms with E-state index in [4.69, 9.17) is 9.47 Å². The van der Waals surface area contributed by atoms with Crippen molar-refractivity contribution in [2.24, 2.45) is 0 Å². The van der Waals surface area contributed by atoms with Gasteiger partial charge in [-0.2, -0.15) is 13.2 Å². The maximum atomic E-state index is 11.9. The lowest BCUT2D eigenvalue weighted by Crippen LogP contribution is -2.34. The van der Waals surface area contributed by atoms with Gasteiger partial charge in [0.25, 0.3) is 0 Å². The van der Waals surface area contributed by atoms with Crippen LogP contribution in [0.5, 0.6) is 11.5 Å². The Hall–Kier alpha value is -1.57. The average Bonchev–Trinajstić information content (AvgIpc) is 2.42. The molecule has 0 aromatic heterocycles. The number of fused-ring (bicyclic) bond motifs is 1. The molecule has 8 heteroatoms. The normalized spacial score (nSPS) is 13.9. The molecule has 20 heavy (non-hydrogen) atoms. The molecule has 0 spiro atoms. The maximum Gasteiger partial charge on any atom is 0.405 e. The second-order valence-corrected chi connectivity index (χ2v) is 5.03. The van der Waals surface area contributed by atoms with Gasteiger partial charge in [-0.15, -0.1) is 11.8 Å². The Bertz CT molecular complexity index is 493. The lowest BCUT2D eigenvalue weighted by Gasteiger charge is -2.18. The number of ether oxygens (including phenoxy) is 2. The third kappa shape index (κ3) is 4.52. The molecule has 0 unspecified atom stereocenters. The minimum Gasteiger partial charge on any atom is -0.486 e. The number of alkyl halides is 3. The molecule has 1 aliphatic rings. The molecule has 4 nitrogen and oxygen atoms in total. The van der Waals surface area contributed by atoms with Gasteiger partial charge >= 0.3 is 6.18 Å². The van der Waals surface area contributed by atoms with Crippen LogP contribution in [-0.2, 0) is 4.79 Å². The molecule has 0 aliphatic carbocycles. The van der Waals surface area contributed by atoms with Crippen molar-refractivity contribution in [1.82, 2.24) is 5.32 Å². The molecule has 1 aromatic rings. The third-order valence-electron chi connectivity index (χ3n) is 2.37. The number of nitrogens with one attached hydrogen (secondary N) is 1. The monoisotopic (exact) mass is 307 g/mol. The number of rotatable bonds is 4. The fourth-order valence-electron chi connectivity index (χ4n) is 1.51. The van der Waals surface area contributed by atoms with E-state index in [0.717, 1.165) is 16.7 Å². The summed E-state index contributed by atoms with van der Waals surface area (Å²) in [4.78, 5) is 12.0. The van der Waals surface area contributed by atoms with Crippen LogP contribution in [0, 0.1) is 0 Å². The van der Waals surface area contributed by atoms with Gasteiger partial charge in [-0.25, -0.2) is 0 Å². The van der Waals surface area contributed by atoms with Gasteiger partial charge in [-0.1, -0.05) is 0 Å². The van der Waals surface area contributed by atoms with Crippen LogP contribution < -0.4 is 14.8 Å². The summed E-state index contributed by atoms with van der Waals surface area (Å²) in [5, 5.41) is 1.81. The van der Waals surface area contributed by atoms with Crippen molar-refractivity contribution in [2.75, 3.05) is 25.5 Å². The average molecular weight is 307 g/mol. The topological polar surface area (TPSA) is 47.6 Å². The second kappa shape index (κ2) is 6.25. The van der Waals surface area contributed by atoms with Crippen LogP contribution in [0.1, 0.15) is 0 Å². The van der Waals surface area contributed by atoms with E-state index < -0.39 is 18.6 Å². The largest absolute Gasteiger partial charge is 0.486 e. The lowest BCUT2D eigenvalue weighted by molar-refractivity contribution is -0.136. The van der Waals surface area contributed by atoms with Crippen LogP contribution in [0.15, 0.2) is 23.1 Å². The predicted molar refractivity (Wildman–Crippen MR) is 67.2 cm³/mol. The summed E-state index contributed by atoms with van der Waals surface area (Å²) in [6, 6.07) is 5.15. The fraction of sp³-hybridized carbons (Fsp3) is 0.417. The van der Waals surface area contributed by atoms with Gasteiger partial charge < -0.3 is 14.8 Å². The third-order valence-corrected chi connectivity index (χ3v) is 3.36. The number of benzene rings is 1. The first-order valence-corrected chi connectivity index (χ1v) is 6.78. The van der Waals surface area contributed by atoms with E-state index in [1.165, 1.54) is 0 Å². The Kier molecular flexibility index (Phi) is 4.64. The quantitative estimate of drug-likeness (QED) is 0.867. The first-order chi connectivity index (χ1) is 9.44. The van der Waals surface area contributed by atoms with E-state index in [1.807, 2.05) is 5.32 Å². The maximum absolute atomic E-state index is 11.9. The molecule has 0 fully saturated rings. The lowest BCUT2D eigenvalue weighted by atomic mass is 10.3. The van der Waals surface area contributed by atoms with Gasteiger partial charge in [-0.3, -0.25) is 4.79 Å². The Morgan fingerprint density at radius 1 is 1.25 bits per heavy atom. The summed E-state index contributed by atoms with van der Waals surface area (Å²) >= 11 is 1.14. The van der Waals surface area contributed by atoms with Crippen molar-refractivity contribution < 1.29 is 27.4 Å². The molecule has 0 bridgehead atoms. The molecule has 0 radical (unpaired) electrons. The van der Waals surface area contributed by atoms with Gasteiger partial charge in [0.05, 0.1) is 5.75 Å². The first-order valence-electron chi connectivity index (χ1n) is 5.80. The summed E-state index contributed by atoms with van der Waals surface area (Å²) in [7, 11) is 0. The van der Waals surface area contributed by atoms with E-state index in [1.54, 1.807) is 18.2 Å². The summed E-state index contributed by atoms with van der Waals surface area (Å²) in [5.74, 6) is 0.455. The highest BCUT2D eigenvalue weighted by Crippen LogP contribution is 2.34. The zero-order valence-electron chi connectivity index (χ0n) is 10.3. The molecule has 1 amide bonds. The molecule has 0 saturated carbocycles. The first kappa shape index (κ1) is 14.8. The van der Waals surface area contributed by atoms with Crippen molar-refractivity contribution >= 4 is 17.7 Å². The van der Waals surface area contributed by atoms with Crippen LogP contribution in [0.3, 0.4) is 0 Å². The van der Waals surface area contributed by atoms with Crippen molar-refractivity contribution in [1.29, 1.82) is 0 Å². The Morgan fingerprint density at radius 3 is 2.65 bits per heavy atom. The zero-order chi connectivity index (χ0) is 14.6. The number of amides is 1. The van der Waals surface area contributed by atoms with Crippen molar-refractivity contribution in [3.8, 4) is 11.5 Å². The minimum atomic E-state index is -4.39. The molecular weight excluding hydrogens is 295 g/mol. The van der Waals surface area contributed by atoms with Gasteiger partial charge in [0.2, 0.25) is 5.91 Å². The van der Waals surface area contributed by atoms with Crippen LogP contribution in [0.2, 0.25) is 0 Å². The fourth-order valence-corrected chi connectivity index (χ4v) is 2.27. The molecule has 0 saturated heterocycles. The molecular formula is C12H12F3NO3S. The highest BCUT2D eigenvalue weighted by molar-refractivity contribution is 8.00.